The van der Waals surface area contributed by atoms with Crippen LogP contribution < -0.4 is 26.2 Å². The van der Waals surface area contributed by atoms with Crippen LogP contribution in [0.2, 0.25) is 0 Å². The summed E-state index contributed by atoms with van der Waals surface area (Å²) in [5.41, 5.74) is 10.00. The number of anilines is 2. The number of aromatic nitrogens is 2. The zero-order chi connectivity index (χ0) is 57.0. The molecule has 79 heavy (non-hydrogen) atoms. The monoisotopic (exact) mass is 1100 g/mol. The van der Waals surface area contributed by atoms with Crippen LogP contribution in [0.15, 0.2) is 83.0 Å². The molecule has 0 bridgehead atoms. The minimum absolute atomic E-state index is 0.00306. The van der Waals surface area contributed by atoms with E-state index in [1.54, 1.807) is 11.3 Å². The maximum Gasteiger partial charge on any atom is 0.246 e. The lowest BCUT2D eigenvalue weighted by molar-refractivity contribution is -0.144. The summed E-state index contributed by atoms with van der Waals surface area (Å²) in [5, 5.41) is 31.2. The van der Waals surface area contributed by atoms with Crippen LogP contribution in [0.3, 0.4) is 0 Å². The minimum atomic E-state index is -0.914. The van der Waals surface area contributed by atoms with Gasteiger partial charge in [-0.25, -0.2) is 9.97 Å². The number of hydrogen-bond donors (Lipinski definition) is 6. The van der Waals surface area contributed by atoms with Crippen LogP contribution in [0.25, 0.3) is 21.6 Å². The first-order chi connectivity index (χ1) is 37.7. The Morgan fingerprint density at radius 3 is 2.22 bits per heavy atom. The molecule has 2 fully saturated rings. The number of unbranched alkanes of at least 4 members (excludes halogenated alkanes) is 2. The largest absolute Gasteiger partial charge is 0.391 e. The fourth-order valence-electron chi connectivity index (χ4n) is 10.6. The molecule has 2 aliphatic heterocycles. The fourth-order valence-corrected chi connectivity index (χ4v) is 11.4. The van der Waals surface area contributed by atoms with Gasteiger partial charge in [0.15, 0.2) is 11.6 Å². The smallest absolute Gasteiger partial charge is 0.246 e. The number of likely N-dealkylation sites (tertiary alicyclic amines) is 1. The molecular formula is C61H80N10O7S. The Morgan fingerprint density at radius 2 is 1.58 bits per heavy atom. The standard InChI is InChI=1S/C61H80N10O7S/c1-38(2)67-50-31-45(30-48(49(50)33-62)52(73)20-19-47-40(4)28-39(3)29-53(47)74)44-18-21-54(64-35-44)70-26-24-69(25-27-70)23-22-63-55(75)12-10-9-11-13-56(76)68-58(61(6,7)8)60(78)71-36-46(72)32-51(71)59(77)65-34-42-14-16-43(17-15-42)57-41(5)66-37-79-57/h14-18,21,28,30-31,33,35,37-38,46,51,58,62,67,72H,9-13,19-20,22-27,29,32,34,36H2,1-8H3,(H,63,75)(H,65,77)(H,68,76)/t46-,51+,58-/m1/s1. The van der Waals surface area contributed by atoms with Gasteiger partial charge in [0.2, 0.25) is 23.6 Å². The predicted octanol–water partition coefficient (Wildman–Crippen LogP) is 8.19. The van der Waals surface area contributed by atoms with Crippen molar-refractivity contribution in [3.05, 3.63) is 105 Å². The Kier molecular flexibility index (Phi) is 20.7. The maximum atomic E-state index is 14.1. The van der Waals surface area contributed by atoms with Crippen molar-refractivity contribution in [3.63, 3.8) is 0 Å². The van der Waals surface area contributed by atoms with E-state index in [0.717, 1.165) is 76.0 Å². The third-order valence-corrected chi connectivity index (χ3v) is 15.9. The van der Waals surface area contributed by atoms with E-state index in [1.165, 1.54) is 11.1 Å². The van der Waals surface area contributed by atoms with E-state index in [0.29, 0.717) is 74.0 Å². The number of nitrogens with zero attached hydrogens (tertiary/aromatic N) is 5. The summed E-state index contributed by atoms with van der Waals surface area (Å²) in [6.07, 6.45) is 7.55. The summed E-state index contributed by atoms with van der Waals surface area (Å²) in [5.74, 6) is -0.292. The number of amides is 4. The van der Waals surface area contributed by atoms with E-state index in [1.807, 2.05) is 122 Å². The van der Waals surface area contributed by atoms with Gasteiger partial charge in [-0.05, 0) is 111 Å². The molecule has 0 spiro atoms. The lowest BCUT2D eigenvalue weighted by Gasteiger charge is -2.35. The number of thiazole rings is 1. The number of Topliss-reactive ketones (excluding diaryl/α,β-unsaturated/α-hetero) is 2. The number of ketones is 2. The molecule has 4 heterocycles. The lowest BCUT2D eigenvalue weighted by atomic mass is 9.85. The van der Waals surface area contributed by atoms with Crippen LogP contribution in [-0.2, 0) is 30.5 Å². The quantitative estimate of drug-likeness (QED) is 0.0222. The number of nitrogens with one attached hydrogen (secondary N) is 5. The molecule has 0 saturated carbocycles. The number of carbonyl (C=O) groups is 6. The van der Waals surface area contributed by atoms with Gasteiger partial charge in [0.1, 0.15) is 17.9 Å². The summed E-state index contributed by atoms with van der Waals surface area (Å²) >= 11 is 1.57. The van der Waals surface area contributed by atoms with E-state index in [9.17, 15) is 33.9 Å². The third-order valence-electron chi connectivity index (χ3n) is 14.9. The van der Waals surface area contributed by atoms with Gasteiger partial charge in [-0.1, -0.05) is 63.1 Å². The fraction of sp³-hybridized carbons (Fsp3) is 0.492. The second kappa shape index (κ2) is 27.3. The average Bonchev–Trinajstić information content (AvgIpc) is 4.03. The Labute approximate surface area is 469 Å². The van der Waals surface area contributed by atoms with Gasteiger partial charge < -0.3 is 41.6 Å². The number of allylic oxidation sites excluding steroid dienone is 4. The highest BCUT2D eigenvalue weighted by molar-refractivity contribution is 7.13. The third kappa shape index (κ3) is 16.1. The van der Waals surface area contributed by atoms with E-state index in [4.69, 9.17) is 10.4 Å². The number of rotatable bonds is 24. The van der Waals surface area contributed by atoms with Crippen molar-refractivity contribution >= 4 is 64.3 Å². The molecule has 2 saturated heterocycles. The molecule has 6 N–H and O–H groups in total. The van der Waals surface area contributed by atoms with Gasteiger partial charge in [0.25, 0.3) is 0 Å². The summed E-state index contributed by atoms with van der Waals surface area (Å²) in [6.45, 7) is 20.1. The molecule has 3 atom stereocenters. The Morgan fingerprint density at radius 1 is 0.873 bits per heavy atom. The number of hydrogen-bond acceptors (Lipinski definition) is 14. The molecule has 7 rings (SSSR count). The zero-order valence-electron chi connectivity index (χ0n) is 47.3. The van der Waals surface area contributed by atoms with E-state index >= 15 is 0 Å². The highest BCUT2D eigenvalue weighted by atomic mass is 32.1. The Bertz CT molecular complexity index is 2920. The molecule has 4 aromatic rings. The molecule has 2 aromatic heterocycles. The number of aryl methyl sites for hydroxylation is 1. The normalized spacial score (nSPS) is 17.4. The van der Waals surface area contributed by atoms with Crippen LogP contribution in [0.5, 0.6) is 0 Å². The number of benzene rings is 2. The molecule has 17 nitrogen and oxygen atoms in total. The van der Waals surface area contributed by atoms with Crippen molar-refractivity contribution in [3.8, 4) is 21.6 Å². The van der Waals surface area contributed by atoms with Crippen LogP contribution in [0.1, 0.15) is 133 Å². The summed E-state index contributed by atoms with van der Waals surface area (Å²) in [6, 6.07) is 14.0. The highest BCUT2D eigenvalue weighted by Gasteiger charge is 2.44. The second-order valence-electron chi connectivity index (χ2n) is 22.7. The molecule has 0 unspecified atom stereocenters. The average molecular weight is 1100 g/mol. The van der Waals surface area contributed by atoms with Crippen LogP contribution >= 0.6 is 11.3 Å². The van der Waals surface area contributed by atoms with Crippen LogP contribution in [0, 0.1) is 17.7 Å². The Balaban J connectivity index is 0.805. The van der Waals surface area contributed by atoms with Gasteiger partial charge in [0.05, 0.1) is 22.2 Å². The summed E-state index contributed by atoms with van der Waals surface area (Å²) < 4.78 is 0. The molecule has 4 amide bonds. The molecular weight excluding hydrogens is 1020 g/mol. The molecule has 18 heteroatoms. The number of carbonyl (C=O) groups excluding carboxylic acids is 6. The number of aliphatic hydroxyl groups is 1. The van der Waals surface area contributed by atoms with Crippen LogP contribution in [0.4, 0.5) is 11.5 Å². The minimum Gasteiger partial charge on any atom is -0.391 e. The molecule has 422 valence electrons. The predicted molar refractivity (Wildman–Crippen MR) is 312 cm³/mol. The number of pyridine rings is 1. The molecule has 3 aliphatic rings. The number of piperazine rings is 1. The van der Waals surface area contributed by atoms with Crippen molar-refractivity contribution in [1.82, 2.24) is 35.7 Å². The first kappa shape index (κ1) is 59.8. The van der Waals surface area contributed by atoms with E-state index in [-0.39, 0.29) is 67.7 Å². The lowest BCUT2D eigenvalue weighted by Crippen LogP contribution is -2.57. The van der Waals surface area contributed by atoms with Crippen molar-refractivity contribution in [1.29, 1.82) is 5.41 Å². The highest BCUT2D eigenvalue weighted by Crippen LogP contribution is 2.33. The van der Waals surface area contributed by atoms with Crippen molar-refractivity contribution in [2.45, 2.75) is 144 Å². The van der Waals surface area contributed by atoms with Crippen molar-refractivity contribution < 1.29 is 33.9 Å². The SMILES string of the molecule is CC1=CC(C)=C(CCC(=O)c2cc(-c3ccc(N4CCN(CCNC(=O)CCCCCC(=O)N[C@H](C(=O)N5C[C@H](O)C[C@H]5C(=O)NCc5ccc(-c6scnc6C)cc5)C(C)(C)C)CC4)nc3)cc(NC(C)C)c2C=N)C(=O)C1. The van der Waals surface area contributed by atoms with Gasteiger partial charge in [-0.2, -0.15) is 0 Å². The van der Waals surface area contributed by atoms with Gasteiger partial charge in [-0.15, -0.1) is 11.3 Å². The molecule has 2 aromatic carbocycles. The second-order valence-corrected chi connectivity index (χ2v) is 23.5. The van der Waals surface area contributed by atoms with E-state index < -0.39 is 29.5 Å². The van der Waals surface area contributed by atoms with E-state index in [2.05, 4.69) is 36.1 Å². The molecule has 1 aliphatic carbocycles. The van der Waals surface area contributed by atoms with Crippen LogP contribution in [-0.4, -0.2) is 136 Å². The van der Waals surface area contributed by atoms with Gasteiger partial charge in [-0.3, -0.25) is 33.7 Å². The topological polar surface area (TPSA) is 230 Å². The molecule has 0 radical (unpaired) electrons. The van der Waals surface area contributed by atoms with Crippen molar-refractivity contribution in [2.75, 3.05) is 56.0 Å². The number of β-amino-alcohol motifs (C(OH)–C–C–N with tert-alkyl or cyclic N) is 1. The Hall–Kier alpha value is -6.89. The van der Waals surface area contributed by atoms with Gasteiger partial charge in [0, 0.05) is 125 Å². The summed E-state index contributed by atoms with van der Waals surface area (Å²) in [7, 11) is 0. The zero-order valence-corrected chi connectivity index (χ0v) is 48.1. The first-order valence-electron chi connectivity index (χ1n) is 27.8. The summed E-state index contributed by atoms with van der Waals surface area (Å²) in [4.78, 5) is 96.5. The van der Waals surface area contributed by atoms with Gasteiger partial charge >= 0.3 is 0 Å². The first-order valence-corrected chi connectivity index (χ1v) is 28.7. The number of aliphatic hydroxyl groups excluding tert-OH is 1. The van der Waals surface area contributed by atoms with Crippen molar-refractivity contribution in [2.24, 2.45) is 5.41 Å². The maximum absolute atomic E-state index is 14.1.